The van der Waals surface area contributed by atoms with Crippen molar-refractivity contribution in [3.63, 3.8) is 0 Å². The quantitative estimate of drug-likeness (QED) is 0.756. The van der Waals surface area contributed by atoms with Gasteiger partial charge in [0, 0.05) is 16.3 Å². The Labute approximate surface area is 103 Å². The molecule has 88 valence electrons. The molecule has 2 heteroatoms. The highest BCUT2D eigenvalue weighted by Crippen LogP contribution is 2.47. The van der Waals surface area contributed by atoms with Crippen LogP contribution >= 0.6 is 7.14 Å². The first-order chi connectivity index (χ1) is 8.15. The Kier molecular flexibility index (Phi) is 3.49. The second-order valence-electron chi connectivity index (χ2n) is 4.42. The summed E-state index contributed by atoms with van der Waals surface area (Å²) in [7, 11) is -2.50. The molecule has 2 aromatic carbocycles. The van der Waals surface area contributed by atoms with Crippen LogP contribution in [0.3, 0.4) is 0 Å². The third-order valence-electron chi connectivity index (χ3n) is 3.01. The van der Waals surface area contributed by atoms with Crippen molar-refractivity contribution < 1.29 is 4.57 Å². The molecule has 0 atom stereocenters. The predicted octanol–water partition coefficient (Wildman–Crippen LogP) is 3.41. The van der Waals surface area contributed by atoms with E-state index in [0.717, 1.165) is 10.6 Å². The van der Waals surface area contributed by atoms with E-state index in [1.165, 1.54) is 0 Å². The van der Waals surface area contributed by atoms with Gasteiger partial charge in [-0.05, 0) is 0 Å². The number of hydrogen-bond acceptors (Lipinski definition) is 1. The second-order valence-corrected chi connectivity index (χ2v) is 7.80. The van der Waals surface area contributed by atoms with Crippen LogP contribution in [-0.2, 0) is 4.57 Å². The molecule has 0 aliphatic carbocycles. The standard InChI is InChI=1S/C15H17OP/c1-13(2)17(16,14-9-5-3-6-10-14)15-11-7-4-8-12-15/h3-13H,1-2H3. The molecule has 0 saturated heterocycles. The SMILES string of the molecule is CC(C)P(=O)(c1ccccc1)c1ccccc1. The van der Waals surface area contributed by atoms with Crippen molar-refractivity contribution in [2.24, 2.45) is 0 Å². The summed E-state index contributed by atoms with van der Waals surface area (Å²) in [5, 5.41) is 1.89. The van der Waals surface area contributed by atoms with E-state index in [0.29, 0.717) is 0 Å². The van der Waals surface area contributed by atoms with Crippen molar-refractivity contribution in [2.45, 2.75) is 19.5 Å². The summed E-state index contributed by atoms with van der Waals surface area (Å²) in [6.07, 6.45) is 0. The van der Waals surface area contributed by atoms with Gasteiger partial charge >= 0.3 is 0 Å². The lowest BCUT2D eigenvalue weighted by Gasteiger charge is -2.23. The van der Waals surface area contributed by atoms with Gasteiger partial charge in [0.05, 0.1) is 0 Å². The molecule has 0 aliphatic rings. The minimum absolute atomic E-state index is 0.118. The molecule has 0 amide bonds. The van der Waals surface area contributed by atoms with Crippen LogP contribution in [-0.4, -0.2) is 5.66 Å². The Morgan fingerprint density at radius 2 is 1.12 bits per heavy atom. The first-order valence-electron chi connectivity index (χ1n) is 5.86. The van der Waals surface area contributed by atoms with Crippen molar-refractivity contribution in [3.05, 3.63) is 60.7 Å². The van der Waals surface area contributed by atoms with E-state index in [9.17, 15) is 4.57 Å². The number of hydrogen-bond donors (Lipinski definition) is 0. The maximum atomic E-state index is 13.3. The Morgan fingerprint density at radius 3 is 1.41 bits per heavy atom. The molecule has 0 aromatic heterocycles. The molecule has 0 N–H and O–H groups in total. The van der Waals surface area contributed by atoms with Gasteiger partial charge in [-0.1, -0.05) is 74.5 Å². The fraction of sp³-hybridized carbons (Fsp3) is 0.200. The van der Waals surface area contributed by atoms with Crippen LogP contribution in [0, 0.1) is 0 Å². The van der Waals surface area contributed by atoms with Gasteiger partial charge < -0.3 is 4.57 Å². The fourth-order valence-electron chi connectivity index (χ4n) is 2.04. The molecule has 0 bridgehead atoms. The maximum Gasteiger partial charge on any atom is 0.145 e. The van der Waals surface area contributed by atoms with Crippen molar-refractivity contribution in [1.29, 1.82) is 0 Å². The minimum Gasteiger partial charge on any atom is -0.313 e. The largest absolute Gasteiger partial charge is 0.313 e. The lowest BCUT2D eigenvalue weighted by molar-refractivity contribution is 0.581. The van der Waals surface area contributed by atoms with Crippen LogP contribution in [0.25, 0.3) is 0 Å². The zero-order valence-corrected chi connectivity index (χ0v) is 11.1. The van der Waals surface area contributed by atoms with Gasteiger partial charge in [0.15, 0.2) is 0 Å². The monoisotopic (exact) mass is 244 g/mol. The molecule has 0 aliphatic heterocycles. The summed E-state index contributed by atoms with van der Waals surface area (Å²) in [5.41, 5.74) is 0.118. The fourth-order valence-corrected chi connectivity index (χ4v) is 4.77. The minimum atomic E-state index is -2.50. The summed E-state index contributed by atoms with van der Waals surface area (Å²) in [6, 6.07) is 19.6. The summed E-state index contributed by atoms with van der Waals surface area (Å²) in [6.45, 7) is 4.06. The van der Waals surface area contributed by atoms with E-state index >= 15 is 0 Å². The average Bonchev–Trinajstić information content (AvgIpc) is 2.39. The lowest BCUT2D eigenvalue weighted by Crippen LogP contribution is -2.22. The molecule has 0 unspecified atom stereocenters. The predicted molar refractivity (Wildman–Crippen MR) is 74.9 cm³/mol. The number of benzene rings is 2. The Morgan fingerprint density at radius 1 is 0.765 bits per heavy atom. The summed E-state index contributed by atoms with van der Waals surface area (Å²) in [5.74, 6) is 0. The molecule has 0 spiro atoms. The van der Waals surface area contributed by atoms with Gasteiger partial charge in [-0.3, -0.25) is 0 Å². The van der Waals surface area contributed by atoms with Crippen molar-refractivity contribution in [2.75, 3.05) is 0 Å². The second kappa shape index (κ2) is 4.89. The molecule has 0 radical (unpaired) electrons. The van der Waals surface area contributed by atoms with E-state index in [4.69, 9.17) is 0 Å². The molecule has 0 fully saturated rings. The van der Waals surface area contributed by atoms with Gasteiger partial charge in [0.1, 0.15) is 7.14 Å². The van der Waals surface area contributed by atoms with E-state index in [1.807, 2.05) is 74.5 Å². The first-order valence-corrected chi connectivity index (χ1v) is 7.64. The zero-order chi connectivity index (χ0) is 12.3. The Bertz CT molecular complexity index is 474. The highest BCUT2D eigenvalue weighted by atomic mass is 31.2. The third-order valence-corrected chi connectivity index (χ3v) is 6.59. The summed E-state index contributed by atoms with van der Waals surface area (Å²) < 4.78 is 13.3. The topological polar surface area (TPSA) is 17.1 Å². The first kappa shape index (κ1) is 12.1. The molecule has 1 nitrogen and oxygen atoms in total. The summed E-state index contributed by atoms with van der Waals surface area (Å²) >= 11 is 0. The smallest absolute Gasteiger partial charge is 0.145 e. The Balaban J connectivity index is 2.60. The van der Waals surface area contributed by atoms with Crippen LogP contribution in [0.5, 0.6) is 0 Å². The van der Waals surface area contributed by atoms with Crippen LogP contribution in [0.2, 0.25) is 0 Å². The zero-order valence-electron chi connectivity index (χ0n) is 10.2. The van der Waals surface area contributed by atoms with E-state index < -0.39 is 7.14 Å². The Hall–Kier alpha value is -1.33. The summed E-state index contributed by atoms with van der Waals surface area (Å²) in [4.78, 5) is 0. The molecule has 0 heterocycles. The maximum absolute atomic E-state index is 13.3. The highest BCUT2D eigenvalue weighted by molar-refractivity contribution is 7.79. The van der Waals surface area contributed by atoms with Crippen molar-refractivity contribution >= 4 is 17.8 Å². The van der Waals surface area contributed by atoms with Gasteiger partial charge in [0.25, 0.3) is 0 Å². The van der Waals surface area contributed by atoms with Crippen LogP contribution < -0.4 is 10.6 Å². The normalized spacial score (nSPS) is 11.7. The van der Waals surface area contributed by atoms with Crippen LogP contribution in [0.4, 0.5) is 0 Å². The molecular weight excluding hydrogens is 227 g/mol. The van der Waals surface area contributed by atoms with Gasteiger partial charge in [0.2, 0.25) is 0 Å². The van der Waals surface area contributed by atoms with Crippen LogP contribution in [0.1, 0.15) is 13.8 Å². The van der Waals surface area contributed by atoms with E-state index in [2.05, 4.69) is 0 Å². The van der Waals surface area contributed by atoms with Gasteiger partial charge in [-0.15, -0.1) is 0 Å². The highest BCUT2D eigenvalue weighted by Gasteiger charge is 2.30. The molecule has 17 heavy (non-hydrogen) atoms. The van der Waals surface area contributed by atoms with E-state index in [-0.39, 0.29) is 5.66 Å². The lowest BCUT2D eigenvalue weighted by atomic mass is 10.4. The average molecular weight is 244 g/mol. The van der Waals surface area contributed by atoms with Crippen LogP contribution in [0.15, 0.2) is 60.7 Å². The molecule has 0 saturated carbocycles. The molecule has 2 rings (SSSR count). The van der Waals surface area contributed by atoms with E-state index in [1.54, 1.807) is 0 Å². The third kappa shape index (κ3) is 2.21. The number of rotatable bonds is 3. The van der Waals surface area contributed by atoms with Gasteiger partial charge in [-0.25, -0.2) is 0 Å². The molecular formula is C15H17OP. The van der Waals surface area contributed by atoms with Crippen molar-refractivity contribution in [1.82, 2.24) is 0 Å². The van der Waals surface area contributed by atoms with Crippen molar-refractivity contribution in [3.8, 4) is 0 Å². The van der Waals surface area contributed by atoms with Gasteiger partial charge in [-0.2, -0.15) is 0 Å². The molecule has 2 aromatic rings.